The molecule has 104 valence electrons. The fraction of sp³-hybridized carbons (Fsp3) is 0.357. The van der Waals surface area contributed by atoms with Gasteiger partial charge in [-0.2, -0.15) is 0 Å². The predicted octanol–water partition coefficient (Wildman–Crippen LogP) is 1.65. The first-order valence-corrected chi connectivity index (χ1v) is 7.30. The zero-order valence-electron chi connectivity index (χ0n) is 10.7. The number of halogens is 1. The Balaban J connectivity index is 1.72. The van der Waals surface area contributed by atoms with Gasteiger partial charge in [-0.1, -0.05) is 15.9 Å². The molecule has 5 nitrogen and oxygen atoms in total. The van der Waals surface area contributed by atoms with E-state index in [1.807, 2.05) is 0 Å². The van der Waals surface area contributed by atoms with E-state index >= 15 is 0 Å². The van der Waals surface area contributed by atoms with Crippen molar-refractivity contribution >= 4 is 39.2 Å². The molecule has 2 aliphatic rings. The Labute approximate surface area is 124 Å². The minimum Gasteiger partial charge on any atom is -0.353 e. The number of carbonyl (C=O) groups is 3. The van der Waals surface area contributed by atoms with Crippen LogP contribution in [0.4, 0.5) is 5.69 Å². The summed E-state index contributed by atoms with van der Waals surface area (Å²) in [5.74, 6) is -1.14. The smallest absolute Gasteiger partial charge is 0.299 e. The highest BCUT2D eigenvalue weighted by molar-refractivity contribution is 9.10. The zero-order valence-corrected chi connectivity index (χ0v) is 12.3. The lowest BCUT2D eigenvalue weighted by atomic mass is 10.1. The van der Waals surface area contributed by atoms with Crippen LogP contribution in [0.3, 0.4) is 0 Å². The van der Waals surface area contributed by atoms with Crippen LogP contribution in [0.25, 0.3) is 0 Å². The van der Waals surface area contributed by atoms with Crippen LogP contribution in [0.5, 0.6) is 0 Å². The van der Waals surface area contributed by atoms with Crippen LogP contribution in [0.1, 0.15) is 29.6 Å². The highest BCUT2D eigenvalue weighted by atomic mass is 79.9. The topological polar surface area (TPSA) is 66.5 Å². The van der Waals surface area contributed by atoms with Gasteiger partial charge in [0, 0.05) is 23.5 Å². The normalized spacial score (nSPS) is 17.4. The molecule has 1 fully saturated rings. The lowest BCUT2D eigenvalue weighted by molar-refractivity contribution is -0.121. The maximum Gasteiger partial charge on any atom is 0.299 e. The third kappa shape index (κ3) is 2.47. The standard InChI is InChI=1S/C14H13BrN2O3/c15-8-1-4-11-10(7-8)13(19)14(20)17(11)6-5-12(18)16-9-2-3-9/h1,4,7,9H,2-3,5-6H2,(H,16,18). The summed E-state index contributed by atoms with van der Waals surface area (Å²) >= 11 is 3.28. The van der Waals surface area contributed by atoms with Gasteiger partial charge in [0.1, 0.15) is 0 Å². The van der Waals surface area contributed by atoms with Crippen molar-refractivity contribution in [3.05, 3.63) is 28.2 Å². The van der Waals surface area contributed by atoms with Crippen LogP contribution in [0, 0.1) is 0 Å². The molecular formula is C14H13BrN2O3. The molecule has 1 aliphatic heterocycles. The van der Waals surface area contributed by atoms with Crippen LogP contribution in [-0.4, -0.2) is 30.2 Å². The molecule has 0 radical (unpaired) electrons. The van der Waals surface area contributed by atoms with Gasteiger partial charge in [0.15, 0.2) is 0 Å². The van der Waals surface area contributed by atoms with Crippen LogP contribution in [-0.2, 0) is 9.59 Å². The number of ketones is 1. The van der Waals surface area contributed by atoms with Gasteiger partial charge in [-0.05, 0) is 31.0 Å². The Bertz CT molecular complexity index is 610. The second kappa shape index (κ2) is 5.01. The number of hydrogen-bond acceptors (Lipinski definition) is 3. The van der Waals surface area contributed by atoms with E-state index in [2.05, 4.69) is 21.2 Å². The van der Waals surface area contributed by atoms with Gasteiger partial charge in [-0.25, -0.2) is 0 Å². The minimum atomic E-state index is -0.558. The largest absolute Gasteiger partial charge is 0.353 e. The number of anilines is 1. The summed E-state index contributed by atoms with van der Waals surface area (Å²) in [4.78, 5) is 36.9. The van der Waals surface area contributed by atoms with Gasteiger partial charge in [0.2, 0.25) is 5.91 Å². The molecule has 1 N–H and O–H groups in total. The number of carbonyl (C=O) groups excluding carboxylic acids is 3. The van der Waals surface area contributed by atoms with Crippen molar-refractivity contribution in [3.8, 4) is 0 Å². The maximum absolute atomic E-state index is 11.9. The summed E-state index contributed by atoms with van der Waals surface area (Å²) in [5, 5.41) is 2.87. The van der Waals surface area contributed by atoms with E-state index in [9.17, 15) is 14.4 Å². The van der Waals surface area contributed by atoms with Gasteiger partial charge in [0.05, 0.1) is 11.3 Å². The molecule has 1 aromatic carbocycles. The number of hydrogen-bond donors (Lipinski definition) is 1. The van der Waals surface area contributed by atoms with E-state index < -0.39 is 11.7 Å². The van der Waals surface area contributed by atoms with Gasteiger partial charge in [-0.3, -0.25) is 14.4 Å². The van der Waals surface area contributed by atoms with Crippen LogP contribution < -0.4 is 10.2 Å². The highest BCUT2D eigenvalue weighted by Gasteiger charge is 2.36. The van der Waals surface area contributed by atoms with Crippen LogP contribution >= 0.6 is 15.9 Å². The summed E-state index contributed by atoms with van der Waals surface area (Å²) in [5.41, 5.74) is 0.981. The molecule has 0 aromatic heterocycles. The van der Waals surface area contributed by atoms with E-state index in [1.165, 1.54) is 4.90 Å². The SMILES string of the molecule is O=C(CCN1C(=O)C(=O)c2cc(Br)ccc21)NC1CC1. The summed E-state index contributed by atoms with van der Waals surface area (Å²) in [7, 11) is 0. The van der Waals surface area contributed by atoms with E-state index in [4.69, 9.17) is 0 Å². The lowest BCUT2D eigenvalue weighted by Gasteiger charge is -2.16. The molecule has 2 amide bonds. The Morgan fingerprint density at radius 2 is 2.10 bits per heavy atom. The number of benzene rings is 1. The third-order valence-corrected chi connectivity index (χ3v) is 3.93. The van der Waals surface area contributed by atoms with E-state index in [0.717, 1.165) is 17.3 Å². The second-order valence-corrected chi connectivity index (χ2v) is 5.95. The van der Waals surface area contributed by atoms with Crippen molar-refractivity contribution in [1.29, 1.82) is 0 Å². The fourth-order valence-electron chi connectivity index (χ4n) is 2.24. The Kier molecular flexibility index (Phi) is 3.33. The Hall–Kier alpha value is -1.69. The predicted molar refractivity (Wildman–Crippen MR) is 76.6 cm³/mol. The second-order valence-electron chi connectivity index (χ2n) is 5.04. The monoisotopic (exact) mass is 336 g/mol. The summed E-state index contributed by atoms with van der Waals surface area (Å²) in [6.45, 7) is 0.234. The van der Waals surface area contributed by atoms with Gasteiger partial charge in [0.25, 0.3) is 11.7 Å². The van der Waals surface area contributed by atoms with E-state index in [1.54, 1.807) is 18.2 Å². The first-order chi connectivity index (χ1) is 9.56. The van der Waals surface area contributed by atoms with Crippen molar-refractivity contribution in [2.45, 2.75) is 25.3 Å². The molecule has 1 aromatic rings. The van der Waals surface area contributed by atoms with Gasteiger partial charge < -0.3 is 10.2 Å². The minimum absolute atomic E-state index is 0.0710. The maximum atomic E-state index is 11.9. The molecule has 0 bridgehead atoms. The Morgan fingerprint density at radius 1 is 1.35 bits per heavy atom. The molecule has 0 atom stereocenters. The molecule has 6 heteroatoms. The lowest BCUT2D eigenvalue weighted by Crippen LogP contribution is -2.35. The molecule has 0 spiro atoms. The summed E-state index contributed by atoms with van der Waals surface area (Å²) < 4.78 is 0.755. The molecule has 0 unspecified atom stereocenters. The molecule has 1 saturated carbocycles. The zero-order chi connectivity index (χ0) is 14.3. The number of rotatable bonds is 4. The number of fused-ring (bicyclic) bond motifs is 1. The quantitative estimate of drug-likeness (QED) is 0.850. The molecule has 1 aliphatic carbocycles. The molecule has 3 rings (SSSR count). The third-order valence-electron chi connectivity index (χ3n) is 3.44. The van der Waals surface area contributed by atoms with Crippen molar-refractivity contribution in [3.63, 3.8) is 0 Å². The first-order valence-electron chi connectivity index (χ1n) is 6.51. The van der Waals surface area contributed by atoms with Crippen molar-refractivity contribution in [1.82, 2.24) is 5.32 Å². The number of nitrogens with one attached hydrogen (secondary N) is 1. The van der Waals surface area contributed by atoms with Crippen LogP contribution in [0.2, 0.25) is 0 Å². The van der Waals surface area contributed by atoms with E-state index in [0.29, 0.717) is 17.3 Å². The van der Waals surface area contributed by atoms with Gasteiger partial charge in [-0.15, -0.1) is 0 Å². The van der Waals surface area contributed by atoms with E-state index in [-0.39, 0.29) is 18.9 Å². The van der Waals surface area contributed by atoms with Crippen molar-refractivity contribution in [2.75, 3.05) is 11.4 Å². The molecule has 20 heavy (non-hydrogen) atoms. The summed E-state index contributed by atoms with van der Waals surface area (Å²) in [6.07, 6.45) is 2.28. The summed E-state index contributed by atoms with van der Waals surface area (Å²) in [6, 6.07) is 5.45. The first kappa shape index (κ1) is 13.3. The van der Waals surface area contributed by atoms with Crippen molar-refractivity contribution in [2.24, 2.45) is 0 Å². The molecule has 1 heterocycles. The average Bonchev–Trinajstić information content (AvgIpc) is 3.19. The highest BCUT2D eigenvalue weighted by Crippen LogP contribution is 2.31. The van der Waals surface area contributed by atoms with Crippen molar-refractivity contribution < 1.29 is 14.4 Å². The number of nitrogens with zero attached hydrogens (tertiary/aromatic N) is 1. The number of Topliss-reactive ketones (excluding diaryl/α,β-unsaturated/α-hetero) is 1. The molecular weight excluding hydrogens is 324 g/mol. The average molecular weight is 337 g/mol. The van der Waals surface area contributed by atoms with Gasteiger partial charge >= 0.3 is 0 Å². The number of amides is 2. The Morgan fingerprint density at radius 3 is 2.80 bits per heavy atom. The molecule has 0 saturated heterocycles. The van der Waals surface area contributed by atoms with Crippen LogP contribution in [0.15, 0.2) is 22.7 Å². The fourth-order valence-corrected chi connectivity index (χ4v) is 2.60.